The number of aryl methyl sites for hydroxylation is 2. The van der Waals surface area contributed by atoms with Gasteiger partial charge in [-0.05, 0) is 90.3 Å². The molecule has 2 unspecified atom stereocenters. The number of esters is 1. The van der Waals surface area contributed by atoms with Crippen molar-refractivity contribution in [3.8, 4) is 11.5 Å². The van der Waals surface area contributed by atoms with Crippen LogP contribution in [-0.2, 0) is 40.0 Å². The monoisotopic (exact) mass is 719 g/mol. The summed E-state index contributed by atoms with van der Waals surface area (Å²) < 4.78 is 25.7. The number of aromatic amines is 1. The molecule has 0 fully saturated rings. The molecule has 1 heterocycles. The minimum Gasteiger partial charge on any atom is -0.493 e. The Morgan fingerprint density at radius 3 is 2.17 bits per heavy atom. The van der Waals surface area contributed by atoms with Crippen molar-refractivity contribution in [2.24, 2.45) is 5.73 Å². The summed E-state index contributed by atoms with van der Waals surface area (Å²) in [5.41, 5.74) is 19.3. The van der Waals surface area contributed by atoms with Crippen LogP contribution < -0.4 is 20.9 Å². The summed E-state index contributed by atoms with van der Waals surface area (Å²) in [5, 5.41) is 1.25. The van der Waals surface area contributed by atoms with E-state index in [1.807, 2.05) is 91.0 Å². The smallest absolute Gasteiger partial charge is 0.329 e. The number of benzene rings is 4. The van der Waals surface area contributed by atoms with E-state index in [9.17, 15) is 4.79 Å². The molecule has 0 radical (unpaired) electrons. The van der Waals surface area contributed by atoms with E-state index in [0.29, 0.717) is 29.4 Å². The third kappa shape index (κ3) is 8.38. The maximum atomic E-state index is 14.4. The van der Waals surface area contributed by atoms with Crippen LogP contribution in [0.25, 0.3) is 10.9 Å². The van der Waals surface area contributed by atoms with E-state index in [0.717, 1.165) is 47.6 Å². The van der Waals surface area contributed by atoms with E-state index >= 15 is 0 Å². The molecule has 6 rings (SSSR count). The number of anilines is 1. The first-order valence-electron chi connectivity index (χ1n) is 18.8. The van der Waals surface area contributed by atoms with E-state index < -0.39 is 25.9 Å². The third-order valence-corrected chi connectivity index (χ3v) is 15.4. The van der Waals surface area contributed by atoms with Gasteiger partial charge in [-0.1, -0.05) is 87.5 Å². The van der Waals surface area contributed by atoms with Gasteiger partial charge in [0.25, 0.3) is 0 Å². The van der Waals surface area contributed by atoms with Gasteiger partial charge in [-0.3, -0.25) is 0 Å². The summed E-state index contributed by atoms with van der Waals surface area (Å²) in [4.78, 5) is 18.0. The minimum atomic E-state index is -2.34. The van der Waals surface area contributed by atoms with Crippen LogP contribution in [0.3, 0.4) is 0 Å². The van der Waals surface area contributed by atoms with Crippen molar-refractivity contribution >= 4 is 30.9 Å². The molecule has 52 heavy (non-hydrogen) atoms. The molecule has 8 nitrogen and oxygen atoms in total. The first-order chi connectivity index (χ1) is 25.3. The molecular weight excluding hydrogens is 667 g/mol. The lowest BCUT2D eigenvalue weighted by atomic mass is 9.85. The number of ether oxygens (including phenoxy) is 3. The Hall–Kier alpha value is -4.57. The van der Waals surface area contributed by atoms with E-state index in [2.05, 4.69) is 31.8 Å². The van der Waals surface area contributed by atoms with E-state index in [4.69, 9.17) is 30.1 Å². The van der Waals surface area contributed by atoms with Crippen LogP contribution in [0.15, 0.2) is 97.1 Å². The molecule has 0 spiro atoms. The highest BCUT2D eigenvalue weighted by Gasteiger charge is 2.49. The van der Waals surface area contributed by atoms with Crippen molar-refractivity contribution in [1.29, 1.82) is 0 Å². The van der Waals surface area contributed by atoms with Crippen LogP contribution in [0, 0.1) is 0 Å². The predicted molar refractivity (Wildman–Crippen MR) is 211 cm³/mol. The molecule has 1 aromatic heterocycles. The molecule has 5 aromatic rings. The highest BCUT2D eigenvalue weighted by molar-refractivity contribution is 6.73. The first-order valence-corrected chi connectivity index (χ1v) is 21.3. The van der Waals surface area contributed by atoms with Gasteiger partial charge >= 0.3 is 5.97 Å². The van der Waals surface area contributed by atoms with E-state index in [-0.39, 0.29) is 19.6 Å². The number of nitrogens with one attached hydrogen (secondary N) is 1. The number of H-pyrrole nitrogens is 1. The Balaban J connectivity index is 1.31. The van der Waals surface area contributed by atoms with Gasteiger partial charge in [-0.15, -0.1) is 0 Å². The number of fused-ring (bicyclic) bond motifs is 3. The molecule has 0 aliphatic heterocycles. The lowest BCUT2D eigenvalue weighted by molar-refractivity contribution is -0.157. The van der Waals surface area contributed by atoms with Crippen molar-refractivity contribution in [2.45, 2.75) is 95.9 Å². The normalized spacial score (nSPS) is 14.7. The summed E-state index contributed by atoms with van der Waals surface area (Å²) in [6.07, 6.45) is 3.91. The molecule has 1 aliphatic carbocycles. The average molecular weight is 720 g/mol. The lowest BCUT2D eigenvalue weighted by Gasteiger charge is -2.41. The second-order valence-corrected chi connectivity index (χ2v) is 18.7. The molecule has 1 aliphatic rings. The maximum absolute atomic E-state index is 14.4. The SMILES string of the molecule is CC[Si](CC)(CC)OC(c1ccc(OCc2ccccc2)c(N)c1)C(N)(CCOc1ccc2c3c([nH]c2c1)CCCC3)C(=O)OCc1ccccc1. The molecule has 9 heteroatoms. The molecule has 5 N–H and O–H groups in total. The number of nitrogens with two attached hydrogens (primary N) is 2. The fraction of sp³-hybridized carbons (Fsp3) is 0.372. The van der Waals surface area contributed by atoms with Crippen molar-refractivity contribution in [1.82, 2.24) is 4.98 Å². The van der Waals surface area contributed by atoms with Gasteiger partial charge in [0.1, 0.15) is 30.3 Å². The number of aromatic nitrogens is 1. The molecule has 4 aromatic carbocycles. The van der Waals surface area contributed by atoms with Crippen LogP contribution in [0.2, 0.25) is 18.1 Å². The Kier molecular flexibility index (Phi) is 12.0. The summed E-state index contributed by atoms with van der Waals surface area (Å²) in [6, 6.07) is 34.0. The van der Waals surface area contributed by atoms with Crippen LogP contribution in [0.4, 0.5) is 5.69 Å². The van der Waals surface area contributed by atoms with Crippen LogP contribution in [-0.4, -0.2) is 31.4 Å². The van der Waals surface area contributed by atoms with Crippen LogP contribution in [0.5, 0.6) is 11.5 Å². The number of nitrogen functional groups attached to an aromatic ring is 1. The topological polar surface area (TPSA) is 122 Å². The minimum absolute atomic E-state index is 0.0899. The summed E-state index contributed by atoms with van der Waals surface area (Å²) in [6.45, 7) is 7.13. The van der Waals surface area contributed by atoms with Crippen molar-refractivity contribution in [3.05, 3.63) is 125 Å². The predicted octanol–water partition coefficient (Wildman–Crippen LogP) is 9.18. The van der Waals surface area contributed by atoms with Gasteiger partial charge in [-0.25, -0.2) is 4.79 Å². The Morgan fingerprint density at radius 1 is 0.827 bits per heavy atom. The van der Waals surface area contributed by atoms with Crippen LogP contribution >= 0.6 is 0 Å². The zero-order valence-electron chi connectivity index (χ0n) is 30.8. The lowest BCUT2D eigenvalue weighted by Crippen LogP contribution is -2.58. The Labute approximate surface area is 308 Å². The molecule has 0 bridgehead atoms. The largest absolute Gasteiger partial charge is 0.493 e. The van der Waals surface area contributed by atoms with Gasteiger partial charge in [0, 0.05) is 29.1 Å². The zero-order chi connectivity index (χ0) is 36.6. The third-order valence-electron chi connectivity index (χ3n) is 10.8. The van der Waals surface area contributed by atoms with Gasteiger partial charge in [0.2, 0.25) is 0 Å². The van der Waals surface area contributed by atoms with Gasteiger partial charge in [0.15, 0.2) is 8.32 Å². The van der Waals surface area contributed by atoms with E-state index in [1.54, 1.807) is 0 Å². The number of hydrogen-bond acceptors (Lipinski definition) is 7. The van der Waals surface area contributed by atoms with Gasteiger partial charge in [-0.2, -0.15) is 0 Å². The number of hydrogen-bond donors (Lipinski definition) is 3. The summed E-state index contributed by atoms with van der Waals surface area (Å²) in [7, 11) is -2.34. The van der Waals surface area contributed by atoms with Crippen molar-refractivity contribution in [2.75, 3.05) is 12.3 Å². The van der Waals surface area contributed by atoms with Crippen molar-refractivity contribution < 1.29 is 23.4 Å². The summed E-state index contributed by atoms with van der Waals surface area (Å²) >= 11 is 0. The number of rotatable bonds is 17. The van der Waals surface area contributed by atoms with E-state index in [1.165, 1.54) is 29.5 Å². The quantitative estimate of drug-likeness (QED) is 0.0498. The second-order valence-electron chi connectivity index (χ2n) is 14.0. The van der Waals surface area contributed by atoms with Crippen molar-refractivity contribution in [3.63, 3.8) is 0 Å². The molecule has 0 amide bonds. The standard InChI is InChI=1S/C43H53N3O5Si/c1-4-52(5-2,6-3)51-41(33-21-24-40(37(44)27-33)49-29-31-15-9-7-10-16-31)43(45,42(47)50-30-32-17-11-8-12-18-32)25-26-48-34-22-23-36-35-19-13-14-20-38(35)46-39(36)28-34/h7-12,15-18,21-24,27-28,41,46H,4-6,13-14,19-20,25-26,29-30,44-45H2,1-3H3. The number of carbonyl (C=O) groups is 1. The number of carbonyl (C=O) groups excluding carboxylic acids is 1. The maximum Gasteiger partial charge on any atom is 0.329 e. The van der Waals surface area contributed by atoms with Crippen LogP contribution in [0.1, 0.15) is 74.1 Å². The van der Waals surface area contributed by atoms with Gasteiger partial charge in [0.05, 0.1) is 18.4 Å². The molecule has 274 valence electrons. The molecule has 2 atom stereocenters. The fourth-order valence-electron chi connectivity index (χ4n) is 7.34. The molecule has 0 saturated carbocycles. The Bertz CT molecular complexity index is 1920. The second kappa shape index (κ2) is 16.8. The highest BCUT2D eigenvalue weighted by atomic mass is 28.4. The van der Waals surface area contributed by atoms with Gasteiger partial charge < -0.3 is 35.1 Å². The first kappa shape index (κ1) is 37.2. The molecular formula is C43H53N3O5Si. The highest BCUT2D eigenvalue weighted by Crippen LogP contribution is 2.40. The fourth-order valence-corrected chi connectivity index (χ4v) is 10.2. The zero-order valence-corrected chi connectivity index (χ0v) is 31.8. The average Bonchev–Trinajstić information content (AvgIpc) is 3.56. The molecule has 0 saturated heterocycles. The Morgan fingerprint density at radius 2 is 1.50 bits per heavy atom. The summed E-state index contributed by atoms with van der Waals surface area (Å²) in [5.74, 6) is 0.717.